The van der Waals surface area contributed by atoms with E-state index in [1.54, 1.807) is 0 Å². The van der Waals surface area contributed by atoms with E-state index < -0.39 is 6.10 Å². The van der Waals surface area contributed by atoms with Gasteiger partial charge in [-0.3, -0.25) is 0 Å². The normalized spacial score (nSPS) is 14.9. The van der Waals surface area contributed by atoms with E-state index in [2.05, 4.69) is 5.32 Å². The smallest absolute Gasteiger partial charge is 0.231 e. The number of aliphatic hydroxyl groups is 2. The van der Waals surface area contributed by atoms with Gasteiger partial charge in [-0.05, 0) is 30.7 Å². The Balaban J connectivity index is 1.76. The molecule has 0 saturated heterocycles. The Morgan fingerprint density at radius 3 is 2.94 bits per heavy atom. The van der Waals surface area contributed by atoms with Crippen molar-refractivity contribution in [1.29, 1.82) is 0 Å². The van der Waals surface area contributed by atoms with Gasteiger partial charge in [-0.15, -0.1) is 0 Å². The quantitative estimate of drug-likeness (QED) is 0.605. The molecule has 3 N–H and O–H groups in total. The van der Waals surface area contributed by atoms with Crippen LogP contribution in [0.4, 0.5) is 0 Å². The number of benzene rings is 1. The van der Waals surface area contributed by atoms with Gasteiger partial charge in [0.05, 0.1) is 12.7 Å². The zero-order valence-electron chi connectivity index (χ0n) is 9.56. The highest BCUT2D eigenvalue weighted by Gasteiger charge is 2.12. The van der Waals surface area contributed by atoms with E-state index in [1.807, 2.05) is 18.2 Å². The Hall–Kier alpha value is -1.30. The molecule has 0 aliphatic carbocycles. The molecule has 0 radical (unpaired) electrons. The second kappa shape index (κ2) is 5.86. The first-order valence-electron chi connectivity index (χ1n) is 5.68. The zero-order valence-corrected chi connectivity index (χ0v) is 9.56. The lowest BCUT2D eigenvalue weighted by atomic mass is 10.1. The molecule has 1 unspecified atom stereocenters. The monoisotopic (exact) mass is 239 g/mol. The molecule has 0 bridgehead atoms. The molecule has 1 atom stereocenters. The van der Waals surface area contributed by atoms with Crippen molar-refractivity contribution < 1.29 is 19.7 Å². The van der Waals surface area contributed by atoms with Gasteiger partial charge in [0.1, 0.15) is 0 Å². The molecule has 1 heterocycles. The van der Waals surface area contributed by atoms with Crippen molar-refractivity contribution in [2.75, 3.05) is 26.5 Å². The third-order valence-electron chi connectivity index (χ3n) is 2.62. The van der Waals surface area contributed by atoms with Crippen LogP contribution in [0.1, 0.15) is 5.56 Å². The van der Waals surface area contributed by atoms with Crippen molar-refractivity contribution in [3.8, 4) is 11.5 Å². The van der Waals surface area contributed by atoms with Crippen molar-refractivity contribution in [2.45, 2.75) is 12.5 Å². The topological polar surface area (TPSA) is 71.0 Å². The number of aliphatic hydroxyl groups excluding tert-OH is 2. The number of rotatable bonds is 6. The lowest BCUT2D eigenvalue weighted by molar-refractivity contribution is 0.0947. The van der Waals surface area contributed by atoms with Gasteiger partial charge in [-0.2, -0.15) is 0 Å². The average molecular weight is 239 g/mol. The van der Waals surface area contributed by atoms with Crippen LogP contribution in [0, 0.1) is 0 Å². The summed E-state index contributed by atoms with van der Waals surface area (Å²) in [5.41, 5.74) is 1.15. The van der Waals surface area contributed by atoms with Gasteiger partial charge >= 0.3 is 0 Å². The lowest BCUT2D eigenvalue weighted by Gasteiger charge is -2.08. The third kappa shape index (κ3) is 3.33. The molecule has 94 valence electrons. The highest BCUT2D eigenvalue weighted by atomic mass is 16.7. The van der Waals surface area contributed by atoms with E-state index in [0.717, 1.165) is 30.0 Å². The van der Waals surface area contributed by atoms with Crippen LogP contribution in [-0.4, -0.2) is 42.8 Å². The second-order valence-corrected chi connectivity index (χ2v) is 3.98. The first kappa shape index (κ1) is 12.2. The van der Waals surface area contributed by atoms with Crippen molar-refractivity contribution in [3.63, 3.8) is 0 Å². The summed E-state index contributed by atoms with van der Waals surface area (Å²) in [4.78, 5) is 0. The van der Waals surface area contributed by atoms with E-state index in [-0.39, 0.29) is 6.61 Å². The molecule has 0 fully saturated rings. The second-order valence-electron chi connectivity index (χ2n) is 3.98. The van der Waals surface area contributed by atoms with Crippen LogP contribution in [0.2, 0.25) is 0 Å². The molecule has 2 rings (SSSR count). The first-order chi connectivity index (χ1) is 8.29. The van der Waals surface area contributed by atoms with E-state index in [1.165, 1.54) is 0 Å². The largest absolute Gasteiger partial charge is 0.454 e. The predicted molar refractivity (Wildman–Crippen MR) is 62.2 cm³/mol. The van der Waals surface area contributed by atoms with Crippen LogP contribution in [0.25, 0.3) is 0 Å². The Morgan fingerprint density at radius 1 is 1.29 bits per heavy atom. The summed E-state index contributed by atoms with van der Waals surface area (Å²) in [6.07, 6.45) is 0.154. The van der Waals surface area contributed by atoms with E-state index in [9.17, 15) is 0 Å². The number of ether oxygens (including phenoxy) is 2. The van der Waals surface area contributed by atoms with Crippen LogP contribution in [0.5, 0.6) is 11.5 Å². The highest BCUT2D eigenvalue weighted by Crippen LogP contribution is 2.32. The van der Waals surface area contributed by atoms with Gasteiger partial charge in [0.15, 0.2) is 11.5 Å². The van der Waals surface area contributed by atoms with Crippen LogP contribution in [-0.2, 0) is 6.42 Å². The molecule has 0 aromatic heterocycles. The average Bonchev–Trinajstić information content (AvgIpc) is 2.81. The summed E-state index contributed by atoms with van der Waals surface area (Å²) in [6.45, 7) is 1.23. The molecular formula is C12H17NO4. The fraction of sp³-hybridized carbons (Fsp3) is 0.500. The Kier molecular flexibility index (Phi) is 4.19. The first-order valence-corrected chi connectivity index (χ1v) is 5.68. The minimum absolute atomic E-state index is 0.211. The van der Waals surface area contributed by atoms with Crippen LogP contribution >= 0.6 is 0 Å². The molecule has 5 heteroatoms. The minimum Gasteiger partial charge on any atom is -0.454 e. The van der Waals surface area contributed by atoms with E-state index >= 15 is 0 Å². The maximum Gasteiger partial charge on any atom is 0.231 e. The Labute approximate surface area is 100.0 Å². The summed E-state index contributed by atoms with van der Waals surface area (Å²) in [5.74, 6) is 1.58. The summed E-state index contributed by atoms with van der Waals surface area (Å²) in [5, 5.41) is 20.8. The van der Waals surface area contributed by atoms with E-state index in [4.69, 9.17) is 19.7 Å². The summed E-state index contributed by atoms with van der Waals surface area (Å²) >= 11 is 0. The van der Waals surface area contributed by atoms with Crippen molar-refractivity contribution in [2.24, 2.45) is 0 Å². The summed E-state index contributed by atoms with van der Waals surface area (Å²) in [7, 11) is 0. The van der Waals surface area contributed by atoms with Crippen LogP contribution in [0.3, 0.4) is 0 Å². The molecule has 5 nitrogen and oxygen atoms in total. The molecule has 0 amide bonds. The fourth-order valence-electron chi connectivity index (χ4n) is 1.66. The predicted octanol–water partition coefficient (Wildman–Crippen LogP) is -0.0994. The molecule has 1 aromatic carbocycles. The SMILES string of the molecule is OCC(O)CNCCc1ccc2c(c1)OCO2. The molecule has 1 aliphatic rings. The highest BCUT2D eigenvalue weighted by molar-refractivity contribution is 5.44. The molecule has 1 aliphatic heterocycles. The lowest BCUT2D eigenvalue weighted by Crippen LogP contribution is -2.30. The Morgan fingerprint density at radius 2 is 2.12 bits per heavy atom. The maximum atomic E-state index is 9.13. The molecule has 0 saturated carbocycles. The number of nitrogens with one attached hydrogen (secondary N) is 1. The van der Waals surface area contributed by atoms with Gasteiger partial charge in [0.25, 0.3) is 0 Å². The summed E-state index contributed by atoms with van der Waals surface area (Å²) < 4.78 is 10.5. The molecule has 1 aromatic rings. The third-order valence-corrected chi connectivity index (χ3v) is 2.62. The van der Waals surface area contributed by atoms with Gasteiger partial charge < -0.3 is 25.0 Å². The van der Waals surface area contributed by atoms with Gasteiger partial charge in [-0.25, -0.2) is 0 Å². The van der Waals surface area contributed by atoms with Gasteiger partial charge in [0.2, 0.25) is 6.79 Å². The summed E-state index contributed by atoms with van der Waals surface area (Å²) in [6, 6.07) is 5.87. The Bertz CT molecular complexity index is 370. The number of fused-ring (bicyclic) bond motifs is 1. The van der Waals surface area contributed by atoms with Crippen LogP contribution in [0.15, 0.2) is 18.2 Å². The number of hydrogen-bond donors (Lipinski definition) is 3. The molecular weight excluding hydrogens is 222 g/mol. The number of hydrogen-bond acceptors (Lipinski definition) is 5. The minimum atomic E-state index is -0.688. The van der Waals surface area contributed by atoms with Crippen LogP contribution < -0.4 is 14.8 Å². The molecule has 0 spiro atoms. The van der Waals surface area contributed by atoms with Gasteiger partial charge in [-0.1, -0.05) is 6.07 Å². The van der Waals surface area contributed by atoms with Crippen molar-refractivity contribution >= 4 is 0 Å². The van der Waals surface area contributed by atoms with Crippen molar-refractivity contribution in [3.05, 3.63) is 23.8 Å². The van der Waals surface area contributed by atoms with E-state index in [0.29, 0.717) is 13.3 Å². The van der Waals surface area contributed by atoms with Crippen molar-refractivity contribution in [1.82, 2.24) is 5.32 Å². The zero-order chi connectivity index (χ0) is 12.1. The maximum absolute atomic E-state index is 9.13. The molecule has 17 heavy (non-hydrogen) atoms. The standard InChI is InChI=1S/C12H17NO4/c14-7-10(15)6-13-4-3-9-1-2-11-12(5-9)17-8-16-11/h1-2,5,10,13-15H,3-4,6-8H2. The fourth-order valence-corrected chi connectivity index (χ4v) is 1.66. The van der Waals surface area contributed by atoms with Gasteiger partial charge in [0, 0.05) is 6.54 Å².